The highest BCUT2D eigenvalue weighted by Crippen LogP contribution is 2.18. The molecule has 0 N–H and O–H groups in total. The van der Waals surface area contributed by atoms with Crippen molar-refractivity contribution < 1.29 is 4.79 Å². The minimum absolute atomic E-state index is 0.112. The third-order valence-electron chi connectivity index (χ3n) is 4.49. The molecule has 27 heavy (non-hydrogen) atoms. The first-order valence-corrected chi connectivity index (χ1v) is 9.82. The van der Waals surface area contributed by atoms with E-state index in [0.29, 0.717) is 11.4 Å². The van der Waals surface area contributed by atoms with E-state index in [9.17, 15) is 4.79 Å². The summed E-state index contributed by atoms with van der Waals surface area (Å²) in [6, 6.07) is 11.5. The highest BCUT2D eigenvalue weighted by Gasteiger charge is 2.18. The predicted molar refractivity (Wildman–Crippen MR) is 109 cm³/mol. The second-order valence-corrected chi connectivity index (χ2v) is 7.08. The fraction of sp³-hybridized carbons (Fsp3) is 0.381. The quantitative estimate of drug-likeness (QED) is 0.581. The van der Waals surface area contributed by atoms with Crippen molar-refractivity contribution in [1.82, 2.24) is 19.4 Å². The van der Waals surface area contributed by atoms with Gasteiger partial charge < -0.3 is 9.47 Å². The summed E-state index contributed by atoms with van der Waals surface area (Å²) < 4.78 is 1.95. The maximum atomic E-state index is 12.9. The maximum absolute atomic E-state index is 12.9. The molecule has 0 radical (unpaired) electrons. The molecule has 3 rings (SSSR count). The maximum Gasteiger partial charge on any atom is 0.242 e. The van der Waals surface area contributed by atoms with Crippen LogP contribution in [0.15, 0.2) is 42.6 Å². The van der Waals surface area contributed by atoms with Crippen LogP contribution in [-0.4, -0.2) is 38.4 Å². The van der Waals surface area contributed by atoms with Gasteiger partial charge in [-0.05, 0) is 42.7 Å². The van der Waals surface area contributed by atoms with E-state index in [4.69, 9.17) is 16.6 Å². The summed E-state index contributed by atoms with van der Waals surface area (Å²) in [4.78, 5) is 24.0. The lowest BCUT2D eigenvalue weighted by Crippen LogP contribution is -2.35. The number of rotatable bonds is 8. The smallest absolute Gasteiger partial charge is 0.242 e. The molecule has 0 spiro atoms. The van der Waals surface area contributed by atoms with Crippen molar-refractivity contribution in [3.63, 3.8) is 0 Å². The Balaban J connectivity index is 1.92. The Morgan fingerprint density at radius 3 is 2.48 bits per heavy atom. The van der Waals surface area contributed by atoms with Crippen LogP contribution in [0.3, 0.4) is 0 Å². The molecular weight excluding hydrogens is 360 g/mol. The highest BCUT2D eigenvalue weighted by molar-refractivity contribution is 6.30. The summed E-state index contributed by atoms with van der Waals surface area (Å²) >= 11 is 5.99. The van der Waals surface area contributed by atoms with E-state index in [0.717, 1.165) is 48.5 Å². The molecule has 0 saturated heterocycles. The topological polar surface area (TPSA) is 51.0 Å². The molecule has 1 amide bonds. The van der Waals surface area contributed by atoms with Gasteiger partial charge in [0.25, 0.3) is 0 Å². The van der Waals surface area contributed by atoms with E-state index in [1.54, 1.807) is 6.20 Å². The van der Waals surface area contributed by atoms with Crippen molar-refractivity contribution in [2.24, 2.45) is 0 Å². The minimum atomic E-state index is 0.112. The van der Waals surface area contributed by atoms with Crippen molar-refractivity contribution in [3.8, 4) is 0 Å². The summed E-state index contributed by atoms with van der Waals surface area (Å²) in [6.07, 6.45) is 4.27. The average Bonchev–Trinajstić information content (AvgIpc) is 3.00. The number of benzene rings is 1. The molecule has 2 aromatic heterocycles. The summed E-state index contributed by atoms with van der Waals surface area (Å²) in [5.74, 6) is 0.952. The molecule has 0 aliphatic carbocycles. The van der Waals surface area contributed by atoms with Crippen molar-refractivity contribution in [1.29, 1.82) is 0 Å². The van der Waals surface area contributed by atoms with Crippen LogP contribution in [0.1, 0.15) is 38.1 Å². The van der Waals surface area contributed by atoms with Crippen LogP contribution in [0.2, 0.25) is 5.02 Å². The average molecular weight is 385 g/mol. The SMILES string of the molecule is CCCN(CCC)C(=O)Cn1c(Cc2ccc(Cl)cc2)nc2cccnc21. The Labute approximate surface area is 165 Å². The standard InChI is InChI=1S/C21H25ClN4O/c1-3-12-25(13-4-2)20(27)15-26-19(14-16-7-9-17(22)10-8-16)24-18-6-5-11-23-21(18)26/h5-11H,3-4,12-15H2,1-2H3. The summed E-state index contributed by atoms with van der Waals surface area (Å²) in [5.41, 5.74) is 2.66. The molecule has 0 unspecified atom stereocenters. The van der Waals surface area contributed by atoms with Crippen molar-refractivity contribution in [2.75, 3.05) is 13.1 Å². The lowest BCUT2D eigenvalue weighted by Gasteiger charge is -2.22. The van der Waals surface area contributed by atoms with Gasteiger partial charge in [-0.3, -0.25) is 4.79 Å². The number of aromatic nitrogens is 3. The Kier molecular flexibility index (Phi) is 6.45. The van der Waals surface area contributed by atoms with Crippen LogP contribution in [-0.2, 0) is 17.8 Å². The third-order valence-corrected chi connectivity index (χ3v) is 4.74. The first kappa shape index (κ1) is 19.4. The Bertz CT molecular complexity index is 898. The minimum Gasteiger partial charge on any atom is -0.341 e. The second kappa shape index (κ2) is 9.00. The number of carbonyl (C=O) groups excluding carboxylic acids is 1. The van der Waals surface area contributed by atoms with Gasteiger partial charge >= 0.3 is 0 Å². The summed E-state index contributed by atoms with van der Waals surface area (Å²) in [5, 5.41) is 0.707. The number of pyridine rings is 1. The second-order valence-electron chi connectivity index (χ2n) is 6.64. The van der Waals surface area contributed by atoms with E-state index in [2.05, 4.69) is 18.8 Å². The van der Waals surface area contributed by atoms with Crippen molar-refractivity contribution in [3.05, 3.63) is 59.0 Å². The lowest BCUT2D eigenvalue weighted by molar-refractivity contribution is -0.131. The first-order chi connectivity index (χ1) is 13.1. The number of halogens is 1. The van der Waals surface area contributed by atoms with E-state index in [1.165, 1.54) is 0 Å². The van der Waals surface area contributed by atoms with Crippen LogP contribution in [0.25, 0.3) is 11.2 Å². The molecule has 0 atom stereocenters. The molecule has 3 aromatic rings. The number of nitrogens with zero attached hydrogens (tertiary/aromatic N) is 4. The Morgan fingerprint density at radius 2 is 1.81 bits per heavy atom. The zero-order chi connectivity index (χ0) is 19.2. The van der Waals surface area contributed by atoms with Crippen molar-refractivity contribution >= 4 is 28.7 Å². The molecule has 142 valence electrons. The van der Waals surface area contributed by atoms with Gasteiger partial charge in [-0.15, -0.1) is 0 Å². The van der Waals surface area contributed by atoms with E-state index in [1.807, 2.05) is 45.9 Å². The molecule has 0 aliphatic rings. The van der Waals surface area contributed by atoms with Gasteiger partial charge in [0, 0.05) is 30.7 Å². The molecule has 2 heterocycles. The Hall–Kier alpha value is -2.40. The number of hydrogen-bond donors (Lipinski definition) is 0. The predicted octanol–water partition coefficient (Wildman–Crippen LogP) is 4.32. The normalized spacial score (nSPS) is 11.1. The van der Waals surface area contributed by atoms with Gasteiger partial charge in [0.1, 0.15) is 17.9 Å². The van der Waals surface area contributed by atoms with Gasteiger partial charge in [-0.1, -0.05) is 37.6 Å². The molecule has 0 saturated carbocycles. The highest BCUT2D eigenvalue weighted by atomic mass is 35.5. The summed E-state index contributed by atoms with van der Waals surface area (Å²) in [6.45, 7) is 6.00. The third kappa shape index (κ3) is 4.66. The zero-order valence-electron chi connectivity index (χ0n) is 15.9. The fourth-order valence-corrected chi connectivity index (χ4v) is 3.35. The zero-order valence-corrected chi connectivity index (χ0v) is 16.6. The van der Waals surface area contributed by atoms with Crippen LogP contribution in [0.4, 0.5) is 0 Å². The van der Waals surface area contributed by atoms with E-state index < -0.39 is 0 Å². The largest absolute Gasteiger partial charge is 0.341 e. The van der Waals surface area contributed by atoms with Crippen LogP contribution in [0.5, 0.6) is 0 Å². The number of fused-ring (bicyclic) bond motifs is 1. The molecule has 0 bridgehead atoms. The van der Waals surface area contributed by atoms with Gasteiger partial charge in [-0.2, -0.15) is 0 Å². The van der Waals surface area contributed by atoms with Gasteiger partial charge in [-0.25, -0.2) is 9.97 Å². The van der Waals surface area contributed by atoms with E-state index >= 15 is 0 Å². The first-order valence-electron chi connectivity index (χ1n) is 9.44. The van der Waals surface area contributed by atoms with Crippen LogP contribution >= 0.6 is 11.6 Å². The molecule has 0 fully saturated rings. The summed E-state index contributed by atoms with van der Waals surface area (Å²) in [7, 11) is 0. The Morgan fingerprint density at radius 1 is 1.11 bits per heavy atom. The monoisotopic (exact) mass is 384 g/mol. The van der Waals surface area contributed by atoms with Gasteiger partial charge in [0.2, 0.25) is 5.91 Å². The molecule has 1 aromatic carbocycles. The molecule has 5 nitrogen and oxygen atoms in total. The number of amides is 1. The number of imidazole rings is 1. The van der Waals surface area contributed by atoms with Crippen molar-refractivity contribution in [2.45, 2.75) is 39.7 Å². The van der Waals surface area contributed by atoms with Gasteiger partial charge in [0.05, 0.1) is 0 Å². The number of hydrogen-bond acceptors (Lipinski definition) is 3. The number of carbonyl (C=O) groups is 1. The van der Waals surface area contributed by atoms with Crippen LogP contribution in [0, 0.1) is 0 Å². The van der Waals surface area contributed by atoms with E-state index in [-0.39, 0.29) is 12.5 Å². The molecular formula is C21H25ClN4O. The molecule has 6 heteroatoms. The lowest BCUT2D eigenvalue weighted by atomic mass is 10.1. The fourth-order valence-electron chi connectivity index (χ4n) is 3.23. The molecule has 0 aliphatic heterocycles. The van der Waals surface area contributed by atoms with Crippen LogP contribution < -0.4 is 0 Å². The van der Waals surface area contributed by atoms with Gasteiger partial charge in [0.15, 0.2) is 5.65 Å².